The van der Waals surface area contributed by atoms with Gasteiger partial charge in [0, 0.05) is 23.9 Å². The summed E-state index contributed by atoms with van der Waals surface area (Å²) in [5.41, 5.74) is 2.65. The third kappa shape index (κ3) is 4.43. The molecule has 1 N–H and O–H groups in total. The highest BCUT2D eigenvalue weighted by Crippen LogP contribution is 2.40. The fraction of sp³-hybridized carbons (Fsp3) is 0.261. The van der Waals surface area contributed by atoms with Gasteiger partial charge in [0.15, 0.2) is 5.82 Å². The summed E-state index contributed by atoms with van der Waals surface area (Å²) in [6.07, 6.45) is 1.14. The lowest BCUT2D eigenvalue weighted by atomic mass is 10.1. The highest BCUT2D eigenvalue weighted by atomic mass is 32.2. The number of carboxylic acids is 1. The number of aromatic nitrogens is 2. The molecule has 166 valence electrons. The molecule has 1 aliphatic heterocycles. The molecule has 1 atom stereocenters. The standard InChI is InChI=1S/C23H23N3O5S/c1-15-4-3-5-19(12-15)32(29,30)26-14-18(7-9-22(27)28)31-21-8-6-17(13-20(21)26)23-24-11-10-16(2)25-23/h3-6,8,10-13,18H,7,9,14H2,1-2H3,(H,27,28)/t18-/m0/s1. The first kappa shape index (κ1) is 21.8. The van der Waals surface area contributed by atoms with Gasteiger partial charge in [-0.2, -0.15) is 0 Å². The van der Waals surface area contributed by atoms with E-state index < -0.39 is 22.1 Å². The van der Waals surface area contributed by atoms with E-state index in [1.54, 1.807) is 48.7 Å². The van der Waals surface area contributed by atoms with Crippen LogP contribution in [0.25, 0.3) is 11.4 Å². The van der Waals surface area contributed by atoms with Gasteiger partial charge in [0.25, 0.3) is 10.0 Å². The molecule has 32 heavy (non-hydrogen) atoms. The van der Waals surface area contributed by atoms with Crippen LogP contribution in [0.4, 0.5) is 5.69 Å². The predicted octanol–water partition coefficient (Wildman–Crippen LogP) is 3.58. The Hall–Kier alpha value is -3.46. The quantitative estimate of drug-likeness (QED) is 0.607. The number of nitrogens with zero attached hydrogens (tertiary/aromatic N) is 3. The van der Waals surface area contributed by atoms with Crippen molar-refractivity contribution in [2.75, 3.05) is 10.8 Å². The molecular formula is C23H23N3O5S. The molecule has 0 fully saturated rings. The Morgan fingerprint density at radius 2 is 2.00 bits per heavy atom. The molecular weight excluding hydrogens is 430 g/mol. The second-order valence-electron chi connectivity index (χ2n) is 7.73. The lowest BCUT2D eigenvalue weighted by molar-refractivity contribution is -0.137. The molecule has 2 heterocycles. The van der Waals surface area contributed by atoms with Crippen molar-refractivity contribution in [1.82, 2.24) is 9.97 Å². The van der Waals surface area contributed by atoms with Gasteiger partial charge in [-0.15, -0.1) is 0 Å². The normalized spacial score (nSPS) is 15.7. The minimum atomic E-state index is -3.91. The summed E-state index contributed by atoms with van der Waals surface area (Å²) in [7, 11) is -3.91. The van der Waals surface area contributed by atoms with Crippen LogP contribution in [-0.2, 0) is 14.8 Å². The maximum absolute atomic E-state index is 13.6. The molecule has 4 rings (SSSR count). The smallest absolute Gasteiger partial charge is 0.303 e. The molecule has 9 heteroatoms. The van der Waals surface area contributed by atoms with E-state index in [4.69, 9.17) is 9.84 Å². The Balaban J connectivity index is 1.80. The zero-order chi connectivity index (χ0) is 22.9. The van der Waals surface area contributed by atoms with Crippen LogP contribution in [0.15, 0.2) is 59.6 Å². The minimum Gasteiger partial charge on any atom is -0.486 e. The van der Waals surface area contributed by atoms with Crippen LogP contribution in [-0.4, -0.2) is 42.1 Å². The lowest BCUT2D eigenvalue weighted by Gasteiger charge is -2.35. The summed E-state index contributed by atoms with van der Waals surface area (Å²) in [6, 6.07) is 13.6. The van der Waals surface area contributed by atoms with E-state index >= 15 is 0 Å². The molecule has 0 unspecified atom stereocenters. The maximum atomic E-state index is 13.6. The van der Waals surface area contributed by atoms with Gasteiger partial charge < -0.3 is 9.84 Å². The number of carboxylic acid groups (broad SMARTS) is 1. The van der Waals surface area contributed by atoms with Crippen LogP contribution in [0.3, 0.4) is 0 Å². The first-order valence-corrected chi connectivity index (χ1v) is 11.6. The fourth-order valence-electron chi connectivity index (χ4n) is 3.60. The molecule has 2 aromatic carbocycles. The first-order chi connectivity index (χ1) is 15.2. The van der Waals surface area contributed by atoms with Crippen LogP contribution in [0.5, 0.6) is 5.75 Å². The summed E-state index contributed by atoms with van der Waals surface area (Å²) in [5, 5.41) is 9.06. The van der Waals surface area contributed by atoms with Gasteiger partial charge in [0.2, 0.25) is 0 Å². The zero-order valence-corrected chi connectivity index (χ0v) is 18.5. The van der Waals surface area contributed by atoms with Crippen molar-refractivity contribution in [3.63, 3.8) is 0 Å². The number of ether oxygens (including phenoxy) is 1. The summed E-state index contributed by atoms with van der Waals surface area (Å²) in [6.45, 7) is 3.69. The average Bonchev–Trinajstić information content (AvgIpc) is 2.76. The second-order valence-corrected chi connectivity index (χ2v) is 9.59. The van der Waals surface area contributed by atoms with E-state index in [-0.39, 0.29) is 24.3 Å². The van der Waals surface area contributed by atoms with Crippen LogP contribution in [0.2, 0.25) is 0 Å². The number of benzene rings is 2. The van der Waals surface area contributed by atoms with E-state index in [0.717, 1.165) is 11.3 Å². The van der Waals surface area contributed by atoms with Crippen molar-refractivity contribution in [3.05, 3.63) is 66.0 Å². The van der Waals surface area contributed by atoms with E-state index in [1.807, 2.05) is 19.9 Å². The number of aliphatic carboxylic acids is 1. The van der Waals surface area contributed by atoms with Crippen molar-refractivity contribution in [2.45, 2.75) is 37.7 Å². The molecule has 0 radical (unpaired) electrons. The summed E-state index contributed by atoms with van der Waals surface area (Å²) in [5.74, 6) is -0.104. The number of rotatable bonds is 6. The van der Waals surface area contributed by atoms with Gasteiger partial charge in [-0.25, -0.2) is 18.4 Å². The Labute approximate surface area is 186 Å². The monoisotopic (exact) mass is 453 g/mol. The van der Waals surface area contributed by atoms with Crippen molar-refractivity contribution < 1.29 is 23.1 Å². The third-order valence-corrected chi connectivity index (χ3v) is 6.98. The minimum absolute atomic E-state index is 0.00861. The summed E-state index contributed by atoms with van der Waals surface area (Å²) < 4.78 is 34.5. The van der Waals surface area contributed by atoms with Gasteiger partial charge in [-0.05, 0) is 62.2 Å². The third-order valence-electron chi connectivity index (χ3n) is 5.20. The van der Waals surface area contributed by atoms with Crippen LogP contribution in [0.1, 0.15) is 24.1 Å². The molecule has 0 aliphatic carbocycles. The number of hydrogen-bond donors (Lipinski definition) is 1. The molecule has 1 aromatic heterocycles. The van der Waals surface area contributed by atoms with Crippen molar-refractivity contribution in [2.24, 2.45) is 0 Å². The van der Waals surface area contributed by atoms with Crippen molar-refractivity contribution >= 4 is 21.7 Å². The number of sulfonamides is 1. The number of anilines is 1. The van der Waals surface area contributed by atoms with Gasteiger partial charge >= 0.3 is 5.97 Å². The molecule has 3 aromatic rings. The molecule has 1 aliphatic rings. The van der Waals surface area contributed by atoms with Gasteiger partial charge in [0.05, 0.1) is 17.1 Å². The second kappa shape index (κ2) is 8.58. The molecule has 0 saturated carbocycles. The van der Waals surface area contributed by atoms with E-state index in [0.29, 0.717) is 22.8 Å². The highest BCUT2D eigenvalue weighted by molar-refractivity contribution is 7.92. The number of carbonyl (C=O) groups is 1. The number of hydrogen-bond acceptors (Lipinski definition) is 6. The Morgan fingerprint density at radius 3 is 2.72 bits per heavy atom. The highest BCUT2D eigenvalue weighted by Gasteiger charge is 2.35. The molecule has 8 nitrogen and oxygen atoms in total. The van der Waals surface area contributed by atoms with Crippen molar-refractivity contribution in [1.29, 1.82) is 0 Å². The fourth-order valence-corrected chi connectivity index (χ4v) is 5.21. The Bertz CT molecular complexity index is 1280. The maximum Gasteiger partial charge on any atom is 0.303 e. The summed E-state index contributed by atoms with van der Waals surface area (Å²) >= 11 is 0. The first-order valence-electron chi connectivity index (χ1n) is 10.2. The molecule has 0 bridgehead atoms. The number of fused-ring (bicyclic) bond motifs is 1. The zero-order valence-electron chi connectivity index (χ0n) is 17.7. The van der Waals surface area contributed by atoms with E-state index in [9.17, 15) is 13.2 Å². The van der Waals surface area contributed by atoms with Crippen LogP contribution < -0.4 is 9.04 Å². The van der Waals surface area contributed by atoms with Gasteiger partial charge in [-0.3, -0.25) is 9.10 Å². The predicted molar refractivity (Wildman–Crippen MR) is 119 cm³/mol. The molecule has 0 spiro atoms. The van der Waals surface area contributed by atoms with E-state index in [1.165, 1.54) is 4.31 Å². The lowest BCUT2D eigenvalue weighted by Crippen LogP contribution is -2.43. The van der Waals surface area contributed by atoms with Gasteiger partial charge in [0.1, 0.15) is 11.9 Å². The summed E-state index contributed by atoms with van der Waals surface area (Å²) in [4.78, 5) is 19.9. The molecule has 0 saturated heterocycles. The number of aryl methyl sites for hydroxylation is 2. The topological polar surface area (TPSA) is 110 Å². The van der Waals surface area contributed by atoms with E-state index in [2.05, 4.69) is 9.97 Å². The van der Waals surface area contributed by atoms with Crippen LogP contribution in [0, 0.1) is 13.8 Å². The molecule has 0 amide bonds. The average molecular weight is 454 g/mol. The van der Waals surface area contributed by atoms with Gasteiger partial charge in [-0.1, -0.05) is 12.1 Å². The SMILES string of the molecule is Cc1cccc(S(=O)(=O)N2C[C@H](CCC(=O)O)Oc3ccc(-c4nccc(C)n4)cc32)c1. The van der Waals surface area contributed by atoms with Crippen LogP contribution >= 0.6 is 0 Å². The Morgan fingerprint density at radius 1 is 1.19 bits per heavy atom. The Kier molecular flexibility index (Phi) is 5.84. The largest absolute Gasteiger partial charge is 0.486 e. The van der Waals surface area contributed by atoms with Crippen molar-refractivity contribution in [3.8, 4) is 17.1 Å².